The van der Waals surface area contributed by atoms with Crippen LogP contribution in [0.1, 0.15) is 12.5 Å². The van der Waals surface area contributed by atoms with Crippen molar-refractivity contribution < 1.29 is 4.79 Å². The van der Waals surface area contributed by atoms with Crippen molar-refractivity contribution in [1.29, 1.82) is 0 Å². The maximum Gasteiger partial charge on any atom is 0.154 e. The van der Waals surface area contributed by atoms with Gasteiger partial charge in [-0.1, -0.05) is 30.3 Å². The first-order valence-electron chi connectivity index (χ1n) is 4.73. The van der Waals surface area contributed by atoms with Gasteiger partial charge in [-0.05, 0) is 31.2 Å². The average Bonchev–Trinajstić information content (AvgIpc) is 2.18. The summed E-state index contributed by atoms with van der Waals surface area (Å²) in [7, 11) is 0. The van der Waals surface area contributed by atoms with Crippen molar-refractivity contribution in [3.63, 3.8) is 0 Å². The third kappa shape index (κ3) is 4.45. The average molecular weight is 189 g/mol. The van der Waals surface area contributed by atoms with Crippen molar-refractivity contribution in [3.05, 3.63) is 48.2 Å². The molecule has 0 aromatic heterocycles. The molecule has 2 nitrogen and oxygen atoms in total. The van der Waals surface area contributed by atoms with E-state index in [1.165, 1.54) is 18.6 Å². The Morgan fingerprint density at radius 3 is 2.71 bits per heavy atom. The molecule has 74 valence electrons. The summed E-state index contributed by atoms with van der Waals surface area (Å²) in [4.78, 5) is 10.6. The molecule has 1 aromatic carbocycles. The Bertz CT molecular complexity index is 303. The molecular formula is C12H15NO. The Kier molecular flexibility index (Phi) is 4.48. The summed E-state index contributed by atoms with van der Waals surface area (Å²) in [6, 6.07) is 10.3. The summed E-state index contributed by atoms with van der Waals surface area (Å²) in [6.07, 6.45) is 4.21. The maximum absolute atomic E-state index is 10.6. The van der Waals surface area contributed by atoms with Crippen LogP contribution in [0.2, 0.25) is 0 Å². The highest BCUT2D eigenvalue weighted by atomic mass is 16.1. The Morgan fingerprint density at radius 1 is 1.36 bits per heavy atom. The van der Waals surface area contributed by atoms with Crippen LogP contribution in [0, 0.1) is 0 Å². The van der Waals surface area contributed by atoms with Crippen molar-refractivity contribution in [1.82, 2.24) is 5.32 Å². The molecule has 1 rings (SSSR count). The number of hydrogen-bond donors (Lipinski definition) is 1. The van der Waals surface area contributed by atoms with Gasteiger partial charge in [-0.25, -0.2) is 0 Å². The first kappa shape index (κ1) is 10.5. The van der Waals surface area contributed by atoms with Crippen LogP contribution in [0.5, 0.6) is 0 Å². The predicted octanol–water partition coefficient (Wildman–Crippen LogP) is 1.92. The van der Waals surface area contributed by atoms with E-state index in [4.69, 9.17) is 0 Å². The van der Waals surface area contributed by atoms with Crippen molar-refractivity contribution in [2.24, 2.45) is 0 Å². The highest BCUT2D eigenvalue weighted by Gasteiger charge is 1.88. The molecule has 0 fully saturated rings. The van der Waals surface area contributed by atoms with Gasteiger partial charge in [0, 0.05) is 6.54 Å². The van der Waals surface area contributed by atoms with Crippen LogP contribution in [-0.4, -0.2) is 12.3 Å². The van der Waals surface area contributed by atoms with Gasteiger partial charge in [0.05, 0.1) is 0 Å². The van der Waals surface area contributed by atoms with Gasteiger partial charge in [-0.15, -0.1) is 0 Å². The Labute approximate surface area is 84.6 Å². The van der Waals surface area contributed by atoms with E-state index in [1.54, 1.807) is 6.20 Å². The number of nitrogens with one attached hydrogen (secondary N) is 1. The zero-order valence-electron chi connectivity index (χ0n) is 8.36. The summed E-state index contributed by atoms with van der Waals surface area (Å²) >= 11 is 0. The number of carbonyl (C=O) groups excluding carboxylic acids is 1. The fourth-order valence-corrected chi connectivity index (χ4v) is 1.12. The second kappa shape index (κ2) is 5.97. The number of benzene rings is 1. The summed E-state index contributed by atoms with van der Waals surface area (Å²) in [5.41, 5.74) is 1.30. The standard InChI is InChI=1S/C12H15NO/c1-11(14)7-9-13-10-8-12-5-3-2-4-6-12/h2-7,9,13H,8,10H2,1H3/b9-7-. The fourth-order valence-electron chi connectivity index (χ4n) is 1.12. The van der Waals surface area contributed by atoms with E-state index < -0.39 is 0 Å². The van der Waals surface area contributed by atoms with Gasteiger partial charge in [0.25, 0.3) is 0 Å². The van der Waals surface area contributed by atoms with Crippen LogP contribution in [0.25, 0.3) is 0 Å². The molecule has 0 aliphatic rings. The van der Waals surface area contributed by atoms with Gasteiger partial charge in [-0.3, -0.25) is 4.79 Å². The molecule has 14 heavy (non-hydrogen) atoms. The quantitative estimate of drug-likeness (QED) is 0.566. The number of rotatable bonds is 5. The smallest absolute Gasteiger partial charge is 0.154 e. The van der Waals surface area contributed by atoms with Crippen LogP contribution in [0.15, 0.2) is 42.6 Å². The van der Waals surface area contributed by atoms with E-state index in [0.717, 1.165) is 13.0 Å². The predicted molar refractivity (Wildman–Crippen MR) is 58.0 cm³/mol. The monoisotopic (exact) mass is 189 g/mol. The van der Waals surface area contributed by atoms with E-state index >= 15 is 0 Å². The van der Waals surface area contributed by atoms with E-state index in [2.05, 4.69) is 17.4 Å². The third-order valence-electron chi connectivity index (χ3n) is 1.84. The summed E-state index contributed by atoms with van der Waals surface area (Å²) in [5.74, 6) is 0.0669. The minimum atomic E-state index is 0.0669. The molecule has 0 amide bonds. The molecule has 0 aliphatic heterocycles. The maximum atomic E-state index is 10.6. The molecule has 0 heterocycles. The highest BCUT2D eigenvalue weighted by molar-refractivity contribution is 5.87. The zero-order valence-corrected chi connectivity index (χ0v) is 8.36. The molecule has 0 saturated heterocycles. The van der Waals surface area contributed by atoms with Gasteiger partial charge in [0.15, 0.2) is 5.78 Å². The topological polar surface area (TPSA) is 29.1 Å². The molecule has 0 bridgehead atoms. The lowest BCUT2D eigenvalue weighted by Gasteiger charge is -2.00. The van der Waals surface area contributed by atoms with Crippen LogP contribution in [0.4, 0.5) is 0 Å². The first-order chi connectivity index (χ1) is 6.79. The molecular weight excluding hydrogens is 174 g/mol. The SMILES string of the molecule is CC(=O)/C=C\NCCc1ccccc1. The number of ketones is 1. The van der Waals surface area contributed by atoms with Crippen molar-refractivity contribution in [3.8, 4) is 0 Å². The van der Waals surface area contributed by atoms with E-state index in [0.29, 0.717) is 0 Å². The van der Waals surface area contributed by atoms with E-state index in [-0.39, 0.29) is 5.78 Å². The molecule has 0 aliphatic carbocycles. The lowest BCUT2D eigenvalue weighted by molar-refractivity contribution is -0.112. The van der Waals surface area contributed by atoms with Gasteiger partial charge in [0.1, 0.15) is 0 Å². The van der Waals surface area contributed by atoms with Crippen LogP contribution in [0.3, 0.4) is 0 Å². The minimum absolute atomic E-state index is 0.0669. The second-order valence-corrected chi connectivity index (χ2v) is 3.13. The van der Waals surface area contributed by atoms with Crippen LogP contribution < -0.4 is 5.32 Å². The normalized spacial score (nSPS) is 10.4. The molecule has 1 aromatic rings. The number of carbonyl (C=O) groups is 1. The van der Waals surface area contributed by atoms with Gasteiger partial charge >= 0.3 is 0 Å². The fraction of sp³-hybridized carbons (Fsp3) is 0.250. The zero-order chi connectivity index (χ0) is 10.2. The number of hydrogen-bond acceptors (Lipinski definition) is 2. The Morgan fingerprint density at radius 2 is 2.07 bits per heavy atom. The lowest BCUT2D eigenvalue weighted by Crippen LogP contribution is -2.10. The largest absolute Gasteiger partial charge is 0.390 e. The highest BCUT2D eigenvalue weighted by Crippen LogP contribution is 1.97. The lowest BCUT2D eigenvalue weighted by atomic mass is 10.1. The van der Waals surface area contributed by atoms with Gasteiger partial charge < -0.3 is 5.32 Å². The van der Waals surface area contributed by atoms with Crippen LogP contribution >= 0.6 is 0 Å². The summed E-state index contributed by atoms with van der Waals surface area (Å²) in [5, 5.41) is 3.06. The molecule has 2 heteroatoms. The first-order valence-corrected chi connectivity index (χ1v) is 4.73. The minimum Gasteiger partial charge on any atom is -0.390 e. The molecule has 0 atom stereocenters. The molecule has 0 saturated carbocycles. The Hall–Kier alpha value is -1.57. The molecule has 1 N–H and O–H groups in total. The van der Waals surface area contributed by atoms with Gasteiger partial charge in [-0.2, -0.15) is 0 Å². The van der Waals surface area contributed by atoms with E-state index in [9.17, 15) is 4.79 Å². The molecule has 0 radical (unpaired) electrons. The molecule has 0 unspecified atom stereocenters. The number of allylic oxidation sites excluding steroid dienone is 1. The second-order valence-electron chi connectivity index (χ2n) is 3.13. The molecule has 0 spiro atoms. The van der Waals surface area contributed by atoms with Crippen LogP contribution in [-0.2, 0) is 11.2 Å². The van der Waals surface area contributed by atoms with Crippen molar-refractivity contribution >= 4 is 5.78 Å². The van der Waals surface area contributed by atoms with Crippen molar-refractivity contribution in [2.75, 3.05) is 6.54 Å². The Balaban J connectivity index is 2.19. The van der Waals surface area contributed by atoms with Gasteiger partial charge in [0.2, 0.25) is 0 Å². The van der Waals surface area contributed by atoms with Crippen molar-refractivity contribution in [2.45, 2.75) is 13.3 Å². The summed E-state index contributed by atoms with van der Waals surface area (Å²) in [6.45, 7) is 2.39. The summed E-state index contributed by atoms with van der Waals surface area (Å²) < 4.78 is 0. The third-order valence-corrected chi connectivity index (χ3v) is 1.84. The van der Waals surface area contributed by atoms with E-state index in [1.807, 2.05) is 18.2 Å².